The van der Waals surface area contributed by atoms with Gasteiger partial charge in [-0.05, 0) is 51.7 Å². The van der Waals surface area contributed by atoms with Gasteiger partial charge in [0.05, 0.1) is 22.8 Å². The van der Waals surface area contributed by atoms with Gasteiger partial charge in [-0.2, -0.15) is 22.0 Å². The summed E-state index contributed by atoms with van der Waals surface area (Å²) in [5.41, 5.74) is -0.872. The molecule has 0 aliphatic rings. The van der Waals surface area contributed by atoms with E-state index in [0.717, 1.165) is 4.57 Å². The van der Waals surface area contributed by atoms with Gasteiger partial charge < -0.3 is 9.67 Å². The largest absolute Gasteiger partial charge is 0.459 e. The minimum absolute atomic E-state index is 0.0175. The van der Waals surface area contributed by atoms with Crippen LogP contribution in [0.5, 0.6) is 0 Å². The Morgan fingerprint density at radius 3 is 2.23 bits per heavy atom. The number of nitrogens with one attached hydrogen (secondary N) is 1. The van der Waals surface area contributed by atoms with Crippen LogP contribution in [0, 0.1) is 0 Å². The minimum Gasteiger partial charge on any atom is -0.390 e. The number of benzene rings is 3. The van der Waals surface area contributed by atoms with Crippen LogP contribution in [0.4, 0.5) is 22.0 Å². The van der Waals surface area contributed by atoms with Gasteiger partial charge in [0.15, 0.2) is 0 Å². The van der Waals surface area contributed by atoms with Gasteiger partial charge in [0.2, 0.25) is 0 Å². The summed E-state index contributed by atoms with van der Waals surface area (Å²) >= 11 is 3.23. The Hall–Kier alpha value is -3.62. The van der Waals surface area contributed by atoms with E-state index in [1.807, 2.05) is 6.92 Å². The van der Waals surface area contributed by atoms with Crippen LogP contribution >= 0.6 is 15.9 Å². The van der Waals surface area contributed by atoms with Gasteiger partial charge in [0.25, 0.3) is 15.9 Å². The number of carbonyl (C=O) groups is 1. The molecule has 2 N–H and O–H groups in total. The number of unbranched alkanes of at least 4 members (excludes halogenated alkanes) is 1. The van der Waals surface area contributed by atoms with Crippen molar-refractivity contribution in [3.8, 4) is 11.1 Å². The summed E-state index contributed by atoms with van der Waals surface area (Å²) in [6, 6.07) is 18.5. The van der Waals surface area contributed by atoms with Crippen LogP contribution in [0.25, 0.3) is 11.1 Å². The fraction of sp³-hybridized carbons (Fsp3) is 0.267. The Labute approximate surface area is 258 Å². The normalized spacial score (nSPS) is 12.4. The molecule has 0 spiro atoms. The van der Waals surface area contributed by atoms with Crippen molar-refractivity contribution in [3.63, 3.8) is 0 Å². The average Bonchev–Trinajstić information content (AvgIpc) is 3.33. The summed E-state index contributed by atoms with van der Waals surface area (Å²) in [4.78, 5) is 16.2. The molecule has 1 amide bonds. The van der Waals surface area contributed by atoms with Gasteiger partial charge in [-0.15, -0.1) is 0 Å². The average molecular weight is 701 g/mol. The zero-order chi connectivity index (χ0) is 32.3. The number of aliphatic hydroxyl groups is 1. The summed E-state index contributed by atoms with van der Waals surface area (Å²) in [6.45, 7) is 0.571. The number of alkyl halides is 5. The van der Waals surface area contributed by atoms with E-state index < -0.39 is 46.0 Å². The van der Waals surface area contributed by atoms with Crippen LogP contribution in [-0.4, -0.2) is 35.2 Å². The van der Waals surface area contributed by atoms with Crippen molar-refractivity contribution in [1.29, 1.82) is 0 Å². The van der Waals surface area contributed by atoms with Crippen LogP contribution < -0.4 is 4.72 Å². The number of aliphatic hydroxyl groups excluding tert-OH is 1. The highest BCUT2D eigenvalue weighted by atomic mass is 79.9. The number of hydrogen-bond donors (Lipinski definition) is 2. The molecule has 0 bridgehead atoms. The van der Waals surface area contributed by atoms with Crippen molar-refractivity contribution >= 4 is 31.9 Å². The van der Waals surface area contributed by atoms with E-state index >= 15 is 0 Å². The predicted molar refractivity (Wildman–Crippen MR) is 156 cm³/mol. The van der Waals surface area contributed by atoms with E-state index in [1.54, 1.807) is 54.6 Å². The SMILES string of the molecule is CCCCc1nc(C(F)(F)C(F)(F)F)c(CO)n1Cc1ccc(-c2ccccc2S(=O)(=O)NC(=O)c2ccccc2Br)cc1. The maximum atomic E-state index is 14.3. The van der Waals surface area contributed by atoms with Gasteiger partial charge in [-0.25, -0.2) is 18.1 Å². The van der Waals surface area contributed by atoms with Crippen molar-refractivity contribution in [3.05, 3.63) is 106 Å². The van der Waals surface area contributed by atoms with Gasteiger partial charge in [0, 0.05) is 23.0 Å². The molecule has 4 aromatic rings. The van der Waals surface area contributed by atoms with E-state index in [-0.39, 0.29) is 34.8 Å². The zero-order valence-corrected chi connectivity index (χ0v) is 25.6. The molecule has 1 aromatic heterocycles. The summed E-state index contributed by atoms with van der Waals surface area (Å²) < 4.78 is 98.5. The van der Waals surface area contributed by atoms with Crippen LogP contribution in [0.15, 0.2) is 82.2 Å². The molecule has 7 nitrogen and oxygen atoms in total. The Balaban J connectivity index is 1.66. The van der Waals surface area contributed by atoms with Crippen LogP contribution in [0.1, 0.15) is 52.9 Å². The maximum absolute atomic E-state index is 14.3. The first-order valence-corrected chi connectivity index (χ1v) is 15.6. The lowest BCUT2D eigenvalue weighted by Crippen LogP contribution is -2.35. The Kier molecular flexibility index (Phi) is 9.96. The highest BCUT2D eigenvalue weighted by Crippen LogP contribution is 2.45. The first-order valence-electron chi connectivity index (χ1n) is 13.4. The molecule has 3 aromatic carbocycles. The second-order valence-electron chi connectivity index (χ2n) is 9.85. The first kappa shape index (κ1) is 33.3. The Morgan fingerprint density at radius 2 is 1.61 bits per heavy atom. The Morgan fingerprint density at radius 1 is 0.977 bits per heavy atom. The molecular formula is C30H27BrF5N3O4S. The highest BCUT2D eigenvalue weighted by molar-refractivity contribution is 9.10. The van der Waals surface area contributed by atoms with Gasteiger partial charge in [0.1, 0.15) is 11.5 Å². The Bertz CT molecular complexity index is 1760. The first-order chi connectivity index (χ1) is 20.7. The van der Waals surface area contributed by atoms with E-state index in [2.05, 4.69) is 25.6 Å². The fourth-order valence-electron chi connectivity index (χ4n) is 4.59. The van der Waals surface area contributed by atoms with Crippen molar-refractivity contribution in [2.24, 2.45) is 0 Å². The third-order valence-electron chi connectivity index (χ3n) is 6.84. The standard InChI is InChI=1S/C30H27BrF5N3O4S/c1-2-3-12-26-37-27(29(32,33)30(34,35)36)24(18-40)39(26)17-19-13-15-20(16-14-19)21-8-5-7-11-25(21)44(42,43)38-28(41)22-9-4-6-10-23(22)31/h4-11,13-16,40H,2-3,12,17-18H2,1H3,(H,38,41). The molecule has 44 heavy (non-hydrogen) atoms. The van der Waals surface area contributed by atoms with E-state index in [4.69, 9.17) is 0 Å². The molecule has 4 rings (SSSR count). The van der Waals surface area contributed by atoms with Gasteiger partial charge in [-0.3, -0.25) is 4.79 Å². The predicted octanol–water partition coefficient (Wildman–Crippen LogP) is 6.97. The number of nitrogens with zero attached hydrogens (tertiary/aromatic N) is 2. The molecule has 14 heteroatoms. The molecule has 0 saturated carbocycles. The summed E-state index contributed by atoms with van der Waals surface area (Å²) in [5, 5.41) is 9.84. The number of imidazole rings is 1. The number of halogens is 6. The smallest absolute Gasteiger partial charge is 0.390 e. The zero-order valence-electron chi connectivity index (χ0n) is 23.2. The molecule has 0 atom stereocenters. The summed E-state index contributed by atoms with van der Waals surface area (Å²) in [6.07, 6.45) is -4.68. The van der Waals surface area contributed by atoms with Crippen LogP contribution in [0.3, 0.4) is 0 Å². The molecule has 0 fully saturated rings. The number of aromatic nitrogens is 2. The minimum atomic E-state index is -5.90. The molecule has 234 valence electrons. The number of aryl methyl sites for hydroxylation is 1. The van der Waals surface area contributed by atoms with Crippen LogP contribution in [0.2, 0.25) is 0 Å². The molecule has 0 radical (unpaired) electrons. The number of carbonyl (C=O) groups excluding carboxylic acids is 1. The number of amides is 1. The molecule has 0 aliphatic heterocycles. The number of hydrogen-bond acceptors (Lipinski definition) is 5. The summed E-state index contributed by atoms with van der Waals surface area (Å²) in [7, 11) is -4.33. The molecule has 0 saturated heterocycles. The van der Waals surface area contributed by atoms with E-state index in [0.29, 0.717) is 28.4 Å². The van der Waals surface area contributed by atoms with Crippen molar-refractivity contribution in [1.82, 2.24) is 14.3 Å². The lowest BCUT2D eigenvalue weighted by Gasteiger charge is -2.19. The second-order valence-corrected chi connectivity index (χ2v) is 12.4. The van der Waals surface area contributed by atoms with E-state index in [9.17, 15) is 40.3 Å². The van der Waals surface area contributed by atoms with Gasteiger partial charge in [-0.1, -0.05) is 67.9 Å². The van der Waals surface area contributed by atoms with E-state index in [1.165, 1.54) is 18.2 Å². The van der Waals surface area contributed by atoms with Crippen molar-refractivity contribution < 1.29 is 40.3 Å². The number of sulfonamides is 1. The molecule has 0 unspecified atom stereocenters. The third-order valence-corrected chi connectivity index (χ3v) is 8.92. The quantitative estimate of drug-likeness (QED) is 0.165. The van der Waals surface area contributed by atoms with Crippen molar-refractivity contribution in [2.45, 2.75) is 56.3 Å². The fourth-order valence-corrected chi connectivity index (χ4v) is 6.25. The van der Waals surface area contributed by atoms with Crippen molar-refractivity contribution in [2.75, 3.05) is 0 Å². The highest BCUT2D eigenvalue weighted by Gasteiger charge is 2.61. The third kappa shape index (κ3) is 6.87. The lowest BCUT2D eigenvalue weighted by atomic mass is 10.0. The number of rotatable bonds is 11. The molecular weight excluding hydrogens is 673 g/mol. The second kappa shape index (κ2) is 13.2. The molecule has 0 aliphatic carbocycles. The van der Waals surface area contributed by atoms with Gasteiger partial charge >= 0.3 is 12.1 Å². The molecule has 1 heterocycles. The maximum Gasteiger partial charge on any atom is 0.459 e. The monoisotopic (exact) mass is 699 g/mol. The topological polar surface area (TPSA) is 101 Å². The summed E-state index contributed by atoms with van der Waals surface area (Å²) in [5.74, 6) is -6.12. The lowest BCUT2D eigenvalue weighted by molar-refractivity contribution is -0.291. The van der Waals surface area contributed by atoms with Crippen LogP contribution in [-0.2, 0) is 35.5 Å².